The second-order valence-electron chi connectivity index (χ2n) is 7.46. The number of allylic oxidation sites excluding steroid dienone is 3. The molecule has 4 rings (SSSR count). The Balaban J connectivity index is 1.89. The highest BCUT2D eigenvalue weighted by Crippen LogP contribution is 2.48. The van der Waals surface area contributed by atoms with Crippen molar-refractivity contribution < 1.29 is 13.5 Å². The first-order valence-corrected chi connectivity index (χ1v) is 11.2. The van der Waals surface area contributed by atoms with Crippen LogP contribution in [-0.4, -0.2) is 13.5 Å². The second-order valence-corrected chi connectivity index (χ2v) is 9.02. The van der Waals surface area contributed by atoms with Crippen LogP contribution in [0.25, 0.3) is 0 Å². The molecule has 0 saturated carbocycles. The summed E-state index contributed by atoms with van der Waals surface area (Å²) in [6, 6.07) is 15.4. The molecule has 8 heteroatoms. The molecule has 1 aliphatic heterocycles. The number of hydrogen-bond acceptors (Lipinski definition) is 6. The van der Waals surface area contributed by atoms with Gasteiger partial charge in [-0.25, -0.2) is 13.6 Å². The zero-order valence-corrected chi connectivity index (χ0v) is 17.1. The molecule has 1 aliphatic carbocycles. The van der Waals surface area contributed by atoms with E-state index in [2.05, 4.69) is 6.07 Å². The maximum atomic E-state index is 11.6. The number of benzene rings is 2. The predicted molar refractivity (Wildman–Crippen MR) is 113 cm³/mol. The summed E-state index contributed by atoms with van der Waals surface area (Å²) in [7, 11) is -3.81. The van der Waals surface area contributed by atoms with E-state index in [0.29, 0.717) is 16.8 Å². The largest absolute Gasteiger partial charge is 0.508 e. The highest BCUT2D eigenvalue weighted by Gasteiger charge is 2.37. The van der Waals surface area contributed by atoms with E-state index in [9.17, 15) is 18.8 Å². The van der Waals surface area contributed by atoms with Crippen LogP contribution in [-0.2, 0) is 10.0 Å². The number of para-hydroxylation sites is 1. The van der Waals surface area contributed by atoms with Crippen molar-refractivity contribution in [1.82, 2.24) is 0 Å². The summed E-state index contributed by atoms with van der Waals surface area (Å²) in [6.45, 7) is 0. The van der Waals surface area contributed by atoms with Gasteiger partial charge in [-0.3, -0.25) is 0 Å². The van der Waals surface area contributed by atoms with Crippen LogP contribution in [0.5, 0.6) is 5.75 Å². The van der Waals surface area contributed by atoms with Gasteiger partial charge in [0.15, 0.2) is 0 Å². The van der Waals surface area contributed by atoms with E-state index in [1.807, 2.05) is 17.0 Å². The van der Waals surface area contributed by atoms with Crippen molar-refractivity contribution in [2.75, 3.05) is 4.90 Å². The number of rotatable bonds is 3. The molecule has 0 fully saturated rings. The van der Waals surface area contributed by atoms with Gasteiger partial charge in [0.2, 0.25) is 10.0 Å². The molecule has 2 aromatic carbocycles. The van der Waals surface area contributed by atoms with Crippen LogP contribution in [0, 0.1) is 11.3 Å². The van der Waals surface area contributed by atoms with Crippen LogP contribution in [0.15, 0.2) is 76.1 Å². The average Bonchev–Trinajstić information content (AvgIpc) is 2.73. The van der Waals surface area contributed by atoms with Gasteiger partial charge >= 0.3 is 0 Å². The fourth-order valence-corrected chi connectivity index (χ4v) is 4.86. The van der Waals surface area contributed by atoms with E-state index in [0.717, 1.165) is 37.0 Å². The third-order valence-corrected chi connectivity index (χ3v) is 6.63. The number of hydrogen-bond donors (Lipinski definition) is 3. The van der Waals surface area contributed by atoms with Gasteiger partial charge in [0, 0.05) is 22.9 Å². The van der Waals surface area contributed by atoms with Gasteiger partial charge in [-0.1, -0.05) is 18.2 Å². The third-order valence-electron chi connectivity index (χ3n) is 5.70. The van der Waals surface area contributed by atoms with E-state index >= 15 is 0 Å². The van der Waals surface area contributed by atoms with Gasteiger partial charge in [0.25, 0.3) is 0 Å². The van der Waals surface area contributed by atoms with Gasteiger partial charge < -0.3 is 15.7 Å². The first-order chi connectivity index (χ1) is 14.3. The van der Waals surface area contributed by atoms with Gasteiger partial charge in [-0.2, -0.15) is 5.26 Å². The number of nitrogens with zero attached hydrogens (tertiary/aromatic N) is 2. The lowest BCUT2D eigenvalue weighted by molar-refractivity contribution is 0.464. The van der Waals surface area contributed by atoms with E-state index in [4.69, 9.17) is 10.9 Å². The number of sulfonamides is 1. The molecule has 2 aliphatic rings. The number of primary sulfonamides is 1. The minimum absolute atomic E-state index is 0.0104. The smallest absolute Gasteiger partial charge is 0.238 e. The maximum Gasteiger partial charge on any atom is 0.238 e. The summed E-state index contributed by atoms with van der Waals surface area (Å²) in [6.07, 6.45) is 3.53. The minimum Gasteiger partial charge on any atom is -0.508 e. The van der Waals surface area contributed by atoms with Crippen molar-refractivity contribution in [2.45, 2.75) is 36.5 Å². The quantitative estimate of drug-likeness (QED) is 0.696. The Kier molecular flexibility index (Phi) is 5.02. The molecule has 7 nitrogen and oxygen atoms in total. The van der Waals surface area contributed by atoms with E-state index < -0.39 is 15.9 Å². The number of aromatic hydroxyl groups is 1. The summed E-state index contributed by atoms with van der Waals surface area (Å²) in [4.78, 5) is 1.84. The van der Waals surface area contributed by atoms with Crippen LogP contribution >= 0.6 is 0 Å². The topological polar surface area (TPSA) is 133 Å². The molecule has 2 aromatic rings. The van der Waals surface area contributed by atoms with Crippen LogP contribution in [0.1, 0.15) is 37.2 Å². The summed E-state index contributed by atoms with van der Waals surface area (Å²) < 4.78 is 23.2. The van der Waals surface area contributed by atoms with Crippen molar-refractivity contribution in [3.05, 3.63) is 76.8 Å². The molecule has 0 amide bonds. The lowest BCUT2D eigenvalue weighted by Crippen LogP contribution is -2.36. The Bertz CT molecular complexity index is 1210. The molecular weight excluding hydrogens is 400 g/mol. The highest BCUT2D eigenvalue weighted by atomic mass is 32.2. The van der Waals surface area contributed by atoms with E-state index in [1.165, 1.54) is 12.1 Å². The molecule has 1 atom stereocenters. The fourth-order valence-electron chi connectivity index (χ4n) is 4.34. The fraction of sp³-hybridized carbons (Fsp3) is 0.227. The number of nitriles is 1. The summed E-state index contributed by atoms with van der Waals surface area (Å²) in [5.74, 6) is 0.0210. The predicted octanol–water partition coefficient (Wildman–Crippen LogP) is 3.17. The lowest BCUT2D eigenvalue weighted by atomic mass is 9.76. The molecule has 0 radical (unpaired) electrons. The van der Waals surface area contributed by atoms with Crippen molar-refractivity contribution in [3.63, 3.8) is 0 Å². The normalized spacial score (nSPS) is 19.5. The third kappa shape index (κ3) is 3.32. The maximum absolute atomic E-state index is 11.6. The first-order valence-electron chi connectivity index (χ1n) is 9.65. The summed E-state index contributed by atoms with van der Waals surface area (Å²) in [5.41, 5.74) is 10.2. The van der Waals surface area contributed by atoms with Crippen molar-refractivity contribution in [1.29, 1.82) is 5.26 Å². The Morgan fingerprint density at radius 1 is 1.07 bits per heavy atom. The zero-order chi connectivity index (χ0) is 21.5. The lowest BCUT2D eigenvalue weighted by Gasteiger charge is -2.40. The van der Waals surface area contributed by atoms with Gasteiger partial charge in [-0.15, -0.1) is 0 Å². The Hall–Kier alpha value is -3.28. The summed E-state index contributed by atoms with van der Waals surface area (Å²) >= 11 is 0. The standard InChI is InChI=1S/C22H22N4O3S/c23-13-18-21(17-6-2-4-8-20(17)27)16-5-1-3-7-19(16)26(22(18)24)14-9-11-15(12-10-14)30(25,28)29/h2,4,6,8-12,21,27H,1,3,5,7,24H2,(H2,25,28,29). The van der Waals surface area contributed by atoms with E-state index in [1.54, 1.807) is 24.3 Å². The van der Waals surface area contributed by atoms with Crippen molar-refractivity contribution in [2.24, 2.45) is 10.9 Å². The molecule has 30 heavy (non-hydrogen) atoms. The van der Waals surface area contributed by atoms with Crippen LogP contribution in [0.2, 0.25) is 0 Å². The van der Waals surface area contributed by atoms with Crippen LogP contribution < -0.4 is 15.8 Å². The number of phenolic OH excluding ortho intramolecular Hbond substituents is 1. The molecule has 0 spiro atoms. The van der Waals surface area contributed by atoms with Gasteiger partial charge in [0.1, 0.15) is 11.6 Å². The monoisotopic (exact) mass is 422 g/mol. The molecule has 1 heterocycles. The zero-order valence-electron chi connectivity index (χ0n) is 16.2. The van der Waals surface area contributed by atoms with E-state index in [-0.39, 0.29) is 16.5 Å². The molecule has 1 unspecified atom stereocenters. The Morgan fingerprint density at radius 2 is 1.73 bits per heavy atom. The SMILES string of the molecule is N#CC1=C(N)N(c2ccc(S(N)(=O)=O)cc2)C2=C(CCCC2)C1c1ccccc1O. The highest BCUT2D eigenvalue weighted by molar-refractivity contribution is 7.89. The number of anilines is 1. The molecule has 5 N–H and O–H groups in total. The molecule has 0 saturated heterocycles. The average molecular weight is 423 g/mol. The van der Waals surface area contributed by atoms with Crippen LogP contribution in [0.4, 0.5) is 5.69 Å². The molecule has 154 valence electrons. The number of nitrogens with two attached hydrogens (primary N) is 2. The summed E-state index contributed by atoms with van der Waals surface area (Å²) in [5, 5.41) is 25.6. The Labute approximate surface area is 175 Å². The molecule has 0 bridgehead atoms. The Morgan fingerprint density at radius 3 is 2.37 bits per heavy atom. The van der Waals surface area contributed by atoms with Gasteiger partial charge in [0.05, 0.1) is 16.5 Å². The van der Waals surface area contributed by atoms with Crippen LogP contribution in [0.3, 0.4) is 0 Å². The molecule has 0 aromatic heterocycles. The first kappa shape index (κ1) is 20.0. The van der Waals surface area contributed by atoms with Gasteiger partial charge in [-0.05, 0) is 61.6 Å². The minimum atomic E-state index is -3.81. The number of phenols is 1. The molecular formula is C22H22N4O3S. The second kappa shape index (κ2) is 7.52. The van der Waals surface area contributed by atoms with Crippen molar-refractivity contribution >= 4 is 15.7 Å². The van der Waals surface area contributed by atoms with Crippen molar-refractivity contribution in [3.8, 4) is 11.8 Å².